The third-order valence-electron chi connectivity index (χ3n) is 3.60. The van der Waals surface area contributed by atoms with E-state index >= 15 is 0 Å². The molecule has 1 aromatic rings. The number of nitriles is 1. The summed E-state index contributed by atoms with van der Waals surface area (Å²) in [7, 11) is 0. The van der Waals surface area contributed by atoms with Gasteiger partial charge in [0.2, 0.25) is 0 Å². The second-order valence-corrected chi connectivity index (χ2v) is 4.98. The molecule has 1 saturated heterocycles. The molecule has 0 radical (unpaired) electrons. The van der Waals surface area contributed by atoms with E-state index in [1.54, 1.807) is 0 Å². The molecule has 1 fully saturated rings. The molecule has 1 heterocycles. The summed E-state index contributed by atoms with van der Waals surface area (Å²) >= 11 is 0. The lowest BCUT2D eigenvalue weighted by Gasteiger charge is -2.22. The lowest BCUT2D eigenvalue weighted by atomic mass is 9.86. The van der Waals surface area contributed by atoms with Gasteiger partial charge in [0.25, 0.3) is 0 Å². The number of nitrogens with zero attached hydrogens (tertiary/aromatic N) is 1. The van der Waals surface area contributed by atoms with Crippen molar-refractivity contribution < 1.29 is 9.18 Å². The molecule has 1 atom stereocenters. The zero-order valence-corrected chi connectivity index (χ0v) is 10.7. The molecule has 0 aromatic heterocycles. The van der Waals surface area contributed by atoms with E-state index in [-0.39, 0.29) is 11.6 Å². The van der Waals surface area contributed by atoms with Gasteiger partial charge in [-0.2, -0.15) is 5.26 Å². The standard InChI is InChI=1S/C15H17FN2O/c16-13-3-1-12(2-4-13)14(10-17)15(19)9-11-5-7-18-8-6-11/h1-4,11,14,18H,5-9H2. The summed E-state index contributed by atoms with van der Waals surface area (Å²) in [6.07, 6.45) is 2.40. The Hall–Kier alpha value is -1.73. The Morgan fingerprint density at radius 1 is 1.37 bits per heavy atom. The first-order valence-electron chi connectivity index (χ1n) is 6.59. The number of nitrogens with one attached hydrogen (secondary N) is 1. The fourth-order valence-electron chi connectivity index (χ4n) is 2.48. The van der Waals surface area contributed by atoms with E-state index < -0.39 is 5.92 Å². The lowest BCUT2D eigenvalue weighted by molar-refractivity contribution is -0.120. The predicted octanol–water partition coefficient (Wildman–Crippen LogP) is 2.39. The first-order valence-corrected chi connectivity index (χ1v) is 6.59. The Kier molecular flexibility index (Phi) is 4.64. The summed E-state index contributed by atoms with van der Waals surface area (Å²) in [5.41, 5.74) is 0.586. The molecule has 3 nitrogen and oxygen atoms in total. The Balaban J connectivity index is 2.02. The number of ketones is 1. The smallest absolute Gasteiger partial charge is 0.154 e. The van der Waals surface area contributed by atoms with Crippen LogP contribution in [-0.4, -0.2) is 18.9 Å². The van der Waals surface area contributed by atoms with Crippen LogP contribution in [0.15, 0.2) is 24.3 Å². The minimum atomic E-state index is -0.768. The van der Waals surface area contributed by atoms with Gasteiger partial charge in [-0.25, -0.2) is 4.39 Å². The molecule has 0 aliphatic carbocycles. The van der Waals surface area contributed by atoms with Crippen molar-refractivity contribution in [2.24, 2.45) is 5.92 Å². The Labute approximate surface area is 112 Å². The van der Waals surface area contributed by atoms with Crippen LogP contribution < -0.4 is 5.32 Å². The Morgan fingerprint density at radius 2 is 2.00 bits per heavy atom. The monoisotopic (exact) mass is 260 g/mol. The van der Waals surface area contributed by atoms with Crippen molar-refractivity contribution in [3.8, 4) is 6.07 Å². The highest BCUT2D eigenvalue weighted by Crippen LogP contribution is 2.23. The van der Waals surface area contributed by atoms with Gasteiger partial charge in [0.05, 0.1) is 6.07 Å². The lowest BCUT2D eigenvalue weighted by Crippen LogP contribution is -2.29. The molecule has 0 saturated carbocycles. The number of rotatable bonds is 4. The van der Waals surface area contributed by atoms with Gasteiger partial charge in [0.15, 0.2) is 5.78 Å². The third kappa shape index (κ3) is 3.62. The SMILES string of the molecule is N#CC(C(=O)CC1CCNCC1)c1ccc(F)cc1. The van der Waals surface area contributed by atoms with E-state index in [2.05, 4.69) is 5.32 Å². The number of hydrogen-bond donors (Lipinski definition) is 1. The van der Waals surface area contributed by atoms with Crippen molar-refractivity contribution in [1.29, 1.82) is 5.26 Å². The molecule has 0 amide bonds. The minimum absolute atomic E-state index is 0.0546. The molecule has 4 heteroatoms. The van der Waals surface area contributed by atoms with E-state index in [1.807, 2.05) is 6.07 Å². The molecule has 1 aromatic carbocycles. The molecule has 0 spiro atoms. The summed E-state index contributed by atoms with van der Waals surface area (Å²) < 4.78 is 12.9. The van der Waals surface area contributed by atoms with Gasteiger partial charge in [-0.05, 0) is 49.5 Å². The summed E-state index contributed by atoms with van der Waals surface area (Å²) in [5.74, 6) is -0.812. The van der Waals surface area contributed by atoms with E-state index in [0.29, 0.717) is 17.9 Å². The van der Waals surface area contributed by atoms with Crippen LogP contribution in [0.4, 0.5) is 4.39 Å². The molecule has 100 valence electrons. The topological polar surface area (TPSA) is 52.9 Å². The fourth-order valence-corrected chi connectivity index (χ4v) is 2.48. The van der Waals surface area contributed by atoms with Gasteiger partial charge in [-0.3, -0.25) is 4.79 Å². The number of carbonyl (C=O) groups is 1. The van der Waals surface area contributed by atoms with E-state index in [9.17, 15) is 14.4 Å². The summed E-state index contributed by atoms with van der Waals surface area (Å²) in [5, 5.41) is 12.4. The first kappa shape index (κ1) is 13.7. The van der Waals surface area contributed by atoms with Gasteiger partial charge < -0.3 is 5.32 Å². The average molecular weight is 260 g/mol. The van der Waals surface area contributed by atoms with Crippen LogP contribution in [0, 0.1) is 23.1 Å². The maximum Gasteiger partial charge on any atom is 0.154 e. The Bertz CT molecular complexity index is 472. The molecule has 1 aliphatic heterocycles. The van der Waals surface area contributed by atoms with E-state index in [1.165, 1.54) is 24.3 Å². The van der Waals surface area contributed by atoms with Crippen LogP contribution in [0.5, 0.6) is 0 Å². The average Bonchev–Trinajstić information content (AvgIpc) is 2.43. The molecule has 0 bridgehead atoms. The van der Waals surface area contributed by atoms with E-state index in [4.69, 9.17) is 0 Å². The largest absolute Gasteiger partial charge is 0.317 e. The second kappa shape index (κ2) is 6.44. The summed E-state index contributed by atoms with van der Waals surface area (Å²) in [6, 6.07) is 7.65. The fraction of sp³-hybridized carbons (Fsp3) is 0.467. The van der Waals surface area contributed by atoms with Crippen molar-refractivity contribution in [2.75, 3.05) is 13.1 Å². The van der Waals surface area contributed by atoms with Gasteiger partial charge >= 0.3 is 0 Å². The summed E-state index contributed by atoms with van der Waals surface area (Å²) in [6.45, 7) is 1.87. The van der Waals surface area contributed by atoms with Crippen molar-refractivity contribution >= 4 is 5.78 Å². The number of benzene rings is 1. The number of carbonyl (C=O) groups excluding carboxylic acids is 1. The minimum Gasteiger partial charge on any atom is -0.317 e. The van der Waals surface area contributed by atoms with Crippen LogP contribution in [0.3, 0.4) is 0 Å². The zero-order valence-electron chi connectivity index (χ0n) is 10.7. The van der Waals surface area contributed by atoms with Crippen molar-refractivity contribution in [3.63, 3.8) is 0 Å². The van der Waals surface area contributed by atoms with Gasteiger partial charge in [-0.1, -0.05) is 12.1 Å². The van der Waals surface area contributed by atoms with E-state index in [0.717, 1.165) is 25.9 Å². The zero-order chi connectivity index (χ0) is 13.7. The van der Waals surface area contributed by atoms with Crippen LogP contribution in [0.1, 0.15) is 30.7 Å². The van der Waals surface area contributed by atoms with Crippen molar-refractivity contribution in [3.05, 3.63) is 35.6 Å². The van der Waals surface area contributed by atoms with Crippen LogP contribution in [0.2, 0.25) is 0 Å². The number of piperidine rings is 1. The molecule has 1 N–H and O–H groups in total. The third-order valence-corrected chi connectivity index (χ3v) is 3.60. The number of halogens is 1. The van der Waals surface area contributed by atoms with Crippen molar-refractivity contribution in [2.45, 2.75) is 25.2 Å². The Morgan fingerprint density at radius 3 is 2.58 bits per heavy atom. The first-order chi connectivity index (χ1) is 9.20. The normalized spacial score (nSPS) is 17.7. The molecule has 19 heavy (non-hydrogen) atoms. The highest BCUT2D eigenvalue weighted by atomic mass is 19.1. The maximum atomic E-state index is 12.9. The molecule has 2 rings (SSSR count). The van der Waals surface area contributed by atoms with Gasteiger partial charge in [0, 0.05) is 6.42 Å². The summed E-state index contributed by atoms with van der Waals surface area (Å²) in [4.78, 5) is 12.2. The molecular formula is C15H17FN2O. The second-order valence-electron chi connectivity index (χ2n) is 4.98. The highest BCUT2D eigenvalue weighted by molar-refractivity contribution is 5.88. The maximum absolute atomic E-state index is 12.9. The number of hydrogen-bond acceptors (Lipinski definition) is 3. The quantitative estimate of drug-likeness (QED) is 0.904. The molecular weight excluding hydrogens is 243 g/mol. The highest BCUT2D eigenvalue weighted by Gasteiger charge is 2.24. The molecule has 1 unspecified atom stereocenters. The van der Waals surface area contributed by atoms with Crippen LogP contribution in [0.25, 0.3) is 0 Å². The van der Waals surface area contributed by atoms with Crippen molar-refractivity contribution in [1.82, 2.24) is 5.32 Å². The van der Waals surface area contributed by atoms with Crippen LogP contribution >= 0.6 is 0 Å². The number of Topliss-reactive ketones (excluding diaryl/α,β-unsaturated/α-hetero) is 1. The molecule has 1 aliphatic rings. The predicted molar refractivity (Wildman–Crippen MR) is 70.0 cm³/mol. The van der Waals surface area contributed by atoms with Gasteiger partial charge in [-0.15, -0.1) is 0 Å². The van der Waals surface area contributed by atoms with Crippen LogP contribution in [-0.2, 0) is 4.79 Å². The van der Waals surface area contributed by atoms with Gasteiger partial charge in [0.1, 0.15) is 11.7 Å².